The van der Waals surface area contributed by atoms with E-state index in [1.807, 2.05) is 47.2 Å². The van der Waals surface area contributed by atoms with Crippen LogP contribution < -0.4 is 15.1 Å². The summed E-state index contributed by atoms with van der Waals surface area (Å²) in [6.07, 6.45) is 0.0135. The van der Waals surface area contributed by atoms with Crippen LogP contribution in [0.25, 0.3) is 11.0 Å². The third kappa shape index (κ3) is 2.33. The molecule has 0 aliphatic carbocycles. The SMILES string of the molecule is COc1ccc2c3c(c(=O)oc2c1)C1O[C@](c2ccsc2)(Cc2ccccc21)O3. The topological polar surface area (TPSA) is 57.9 Å². The van der Waals surface area contributed by atoms with Crippen molar-refractivity contribution in [3.63, 3.8) is 0 Å². The highest BCUT2D eigenvalue weighted by Crippen LogP contribution is 2.53. The number of methoxy groups -OCH3 is 1. The molecule has 0 saturated heterocycles. The van der Waals surface area contributed by atoms with Crippen LogP contribution in [0.15, 0.2) is 68.5 Å². The molecule has 2 aromatic carbocycles. The zero-order chi connectivity index (χ0) is 19.6. The third-order valence-corrected chi connectivity index (χ3v) is 6.34. The molecule has 2 atom stereocenters. The smallest absolute Gasteiger partial charge is 0.346 e. The van der Waals surface area contributed by atoms with Crippen LogP contribution in [-0.2, 0) is 16.9 Å². The molecular formula is C23H16O5S. The van der Waals surface area contributed by atoms with E-state index in [1.54, 1.807) is 24.5 Å². The summed E-state index contributed by atoms with van der Waals surface area (Å²) in [5.74, 6) is 0.161. The summed E-state index contributed by atoms with van der Waals surface area (Å²) < 4.78 is 23.9. The molecular weight excluding hydrogens is 388 g/mol. The minimum atomic E-state index is -0.979. The minimum Gasteiger partial charge on any atom is -0.497 e. The molecule has 0 radical (unpaired) electrons. The molecule has 2 aromatic heterocycles. The number of benzene rings is 2. The molecule has 1 unspecified atom stereocenters. The van der Waals surface area contributed by atoms with Crippen LogP contribution in [-0.4, -0.2) is 7.11 Å². The van der Waals surface area contributed by atoms with Crippen molar-refractivity contribution in [3.8, 4) is 11.5 Å². The van der Waals surface area contributed by atoms with Crippen LogP contribution in [0.4, 0.5) is 0 Å². The summed E-state index contributed by atoms with van der Waals surface area (Å²) in [6, 6.07) is 15.4. The minimum absolute atomic E-state index is 0.403. The van der Waals surface area contributed by atoms with Gasteiger partial charge in [-0.25, -0.2) is 4.79 Å². The Balaban J connectivity index is 1.68. The molecule has 0 N–H and O–H groups in total. The van der Waals surface area contributed by atoms with E-state index in [4.69, 9.17) is 18.6 Å². The van der Waals surface area contributed by atoms with Crippen molar-refractivity contribution < 1.29 is 18.6 Å². The van der Waals surface area contributed by atoms with Crippen LogP contribution in [0.1, 0.15) is 28.4 Å². The van der Waals surface area contributed by atoms with Crippen LogP contribution in [0.3, 0.4) is 0 Å². The number of hydrogen-bond donors (Lipinski definition) is 0. The lowest BCUT2D eigenvalue weighted by Crippen LogP contribution is -2.47. The molecule has 29 heavy (non-hydrogen) atoms. The molecule has 6 heteroatoms. The first-order valence-electron chi connectivity index (χ1n) is 9.30. The molecule has 2 bridgehead atoms. The lowest BCUT2D eigenvalue weighted by molar-refractivity contribution is -0.237. The quantitative estimate of drug-likeness (QED) is 0.451. The molecule has 0 spiro atoms. The van der Waals surface area contributed by atoms with Crippen molar-refractivity contribution in [3.05, 3.63) is 92.0 Å². The standard InChI is InChI=1S/C23H16O5S/c1-25-15-6-7-17-18(10-15)26-22(24)19-20-16-5-3-2-4-13(16)11-23(27-20,28-21(17)19)14-8-9-29-12-14/h2-10,12,20H,11H2,1H3/t20?,23-/m1/s1. The molecule has 4 heterocycles. The Bertz CT molecular complexity index is 1310. The maximum Gasteiger partial charge on any atom is 0.346 e. The molecule has 0 fully saturated rings. The molecule has 4 aromatic rings. The van der Waals surface area contributed by atoms with Gasteiger partial charge in [0.25, 0.3) is 0 Å². The summed E-state index contributed by atoms with van der Waals surface area (Å²) >= 11 is 1.59. The maximum absolute atomic E-state index is 13.0. The van der Waals surface area contributed by atoms with Gasteiger partial charge in [0, 0.05) is 23.4 Å². The van der Waals surface area contributed by atoms with Gasteiger partial charge in [-0.3, -0.25) is 0 Å². The maximum atomic E-state index is 13.0. The third-order valence-electron chi connectivity index (χ3n) is 5.66. The van der Waals surface area contributed by atoms with E-state index in [9.17, 15) is 4.79 Å². The highest BCUT2D eigenvalue weighted by atomic mass is 32.1. The summed E-state index contributed by atoms with van der Waals surface area (Å²) in [4.78, 5) is 13.0. The van der Waals surface area contributed by atoms with Crippen LogP contribution in [0.5, 0.6) is 11.5 Å². The second-order valence-electron chi connectivity index (χ2n) is 7.23. The molecule has 2 aliphatic rings. The Morgan fingerprint density at radius 1 is 1.17 bits per heavy atom. The lowest BCUT2D eigenvalue weighted by Gasteiger charge is -2.46. The van der Waals surface area contributed by atoms with Gasteiger partial charge in [-0.1, -0.05) is 24.3 Å². The number of ether oxygens (including phenoxy) is 3. The number of thiophene rings is 1. The number of hydrogen-bond acceptors (Lipinski definition) is 6. The Morgan fingerprint density at radius 2 is 2.07 bits per heavy atom. The highest BCUT2D eigenvalue weighted by Gasteiger charge is 2.50. The van der Waals surface area contributed by atoms with E-state index in [1.165, 1.54) is 0 Å². The summed E-state index contributed by atoms with van der Waals surface area (Å²) in [5.41, 5.74) is 3.41. The number of fused-ring (bicyclic) bond motifs is 8. The fourth-order valence-corrected chi connectivity index (χ4v) is 4.99. The molecule has 5 nitrogen and oxygen atoms in total. The van der Waals surface area contributed by atoms with E-state index in [0.29, 0.717) is 29.1 Å². The van der Waals surface area contributed by atoms with Crippen molar-refractivity contribution in [1.29, 1.82) is 0 Å². The normalized spacial score (nSPS) is 21.9. The molecule has 6 rings (SSSR count). The average Bonchev–Trinajstić information content (AvgIpc) is 3.29. The predicted molar refractivity (Wildman–Crippen MR) is 109 cm³/mol. The summed E-state index contributed by atoms with van der Waals surface area (Å²) in [6.45, 7) is 0. The monoisotopic (exact) mass is 404 g/mol. The zero-order valence-electron chi connectivity index (χ0n) is 15.5. The second-order valence-corrected chi connectivity index (χ2v) is 8.01. The van der Waals surface area contributed by atoms with Gasteiger partial charge in [-0.05, 0) is 34.7 Å². The Labute approximate surface area is 170 Å². The van der Waals surface area contributed by atoms with Crippen molar-refractivity contribution in [1.82, 2.24) is 0 Å². The van der Waals surface area contributed by atoms with Crippen LogP contribution >= 0.6 is 11.3 Å². The van der Waals surface area contributed by atoms with Gasteiger partial charge in [0.15, 0.2) is 0 Å². The van der Waals surface area contributed by atoms with Crippen molar-refractivity contribution in [2.45, 2.75) is 18.3 Å². The van der Waals surface area contributed by atoms with Gasteiger partial charge >= 0.3 is 5.63 Å². The lowest BCUT2D eigenvalue weighted by atomic mass is 9.85. The van der Waals surface area contributed by atoms with Gasteiger partial charge in [-0.15, -0.1) is 0 Å². The fraction of sp³-hybridized carbons (Fsp3) is 0.174. The Morgan fingerprint density at radius 3 is 2.90 bits per heavy atom. The van der Waals surface area contributed by atoms with Crippen molar-refractivity contribution in [2.75, 3.05) is 7.11 Å². The van der Waals surface area contributed by atoms with Crippen molar-refractivity contribution in [2.24, 2.45) is 0 Å². The second kappa shape index (κ2) is 5.95. The van der Waals surface area contributed by atoms with Crippen LogP contribution in [0, 0.1) is 0 Å². The molecule has 0 amide bonds. The Hall–Kier alpha value is -3.09. The average molecular weight is 404 g/mol. The predicted octanol–water partition coefficient (Wildman–Crippen LogP) is 4.77. The first kappa shape index (κ1) is 16.8. The Kier molecular flexibility index (Phi) is 3.45. The van der Waals surface area contributed by atoms with Gasteiger partial charge in [0.2, 0.25) is 5.79 Å². The van der Waals surface area contributed by atoms with E-state index < -0.39 is 17.5 Å². The summed E-state index contributed by atoms with van der Waals surface area (Å²) in [7, 11) is 1.58. The van der Waals surface area contributed by atoms with Gasteiger partial charge in [0.1, 0.15) is 28.7 Å². The fourth-order valence-electron chi connectivity index (χ4n) is 4.28. The van der Waals surface area contributed by atoms with E-state index >= 15 is 0 Å². The molecule has 2 aliphatic heterocycles. The molecule has 0 saturated carbocycles. The summed E-state index contributed by atoms with van der Waals surface area (Å²) in [5, 5.41) is 4.77. The van der Waals surface area contributed by atoms with E-state index in [2.05, 4.69) is 6.07 Å². The van der Waals surface area contributed by atoms with E-state index in [-0.39, 0.29) is 0 Å². The van der Waals surface area contributed by atoms with Gasteiger partial charge in [0.05, 0.1) is 12.5 Å². The van der Waals surface area contributed by atoms with Gasteiger partial charge < -0.3 is 18.6 Å². The van der Waals surface area contributed by atoms with Crippen molar-refractivity contribution >= 4 is 22.3 Å². The number of rotatable bonds is 2. The zero-order valence-corrected chi connectivity index (χ0v) is 16.3. The molecule has 144 valence electrons. The van der Waals surface area contributed by atoms with E-state index in [0.717, 1.165) is 22.1 Å². The van der Waals surface area contributed by atoms with Crippen LogP contribution in [0.2, 0.25) is 0 Å². The highest BCUT2D eigenvalue weighted by molar-refractivity contribution is 7.08. The largest absolute Gasteiger partial charge is 0.497 e. The first-order chi connectivity index (χ1) is 14.2. The van der Waals surface area contributed by atoms with Gasteiger partial charge in [-0.2, -0.15) is 11.3 Å². The first-order valence-corrected chi connectivity index (χ1v) is 10.2.